The summed E-state index contributed by atoms with van der Waals surface area (Å²) in [6, 6.07) is -0.0734. The van der Waals surface area contributed by atoms with Gasteiger partial charge in [0.2, 0.25) is 5.91 Å². The second-order valence-corrected chi connectivity index (χ2v) is 5.61. The number of aromatic nitrogens is 1. The molecule has 3 amide bonds. The van der Waals surface area contributed by atoms with Crippen molar-refractivity contribution in [2.75, 3.05) is 37.6 Å². The summed E-state index contributed by atoms with van der Waals surface area (Å²) in [5.74, 6) is -0.243. The highest BCUT2D eigenvalue weighted by Gasteiger charge is 2.32. The van der Waals surface area contributed by atoms with Crippen LogP contribution in [0.2, 0.25) is 5.02 Å². The van der Waals surface area contributed by atoms with Gasteiger partial charge in [0.1, 0.15) is 5.82 Å². The Morgan fingerprint density at radius 3 is 2.42 bits per heavy atom. The van der Waals surface area contributed by atoms with Crippen LogP contribution in [0.1, 0.15) is 5.56 Å². The smallest absolute Gasteiger partial charge is 0.353 e. The number of imide groups is 1. The molecule has 1 aliphatic heterocycles. The molecule has 11 heteroatoms. The molecule has 132 valence electrons. The van der Waals surface area contributed by atoms with Gasteiger partial charge in [0.25, 0.3) is 0 Å². The quantitative estimate of drug-likeness (QED) is 0.836. The minimum atomic E-state index is -4.50. The summed E-state index contributed by atoms with van der Waals surface area (Å²) in [7, 11) is 0. The minimum absolute atomic E-state index is 0.00491. The molecule has 1 aliphatic rings. The Labute approximate surface area is 140 Å². The van der Waals surface area contributed by atoms with Gasteiger partial charge in [-0.05, 0) is 6.07 Å². The first kappa shape index (κ1) is 18.3. The van der Waals surface area contributed by atoms with Gasteiger partial charge >= 0.3 is 12.2 Å². The van der Waals surface area contributed by atoms with E-state index in [2.05, 4.69) is 4.98 Å². The van der Waals surface area contributed by atoms with E-state index in [1.165, 1.54) is 0 Å². The number of hydrogen-bond donors (Lipinski definition) is 2. The molecule has 2 rings (SSSR count). The van der Waals surface area contributed by atoms with Crippen molar-refractivity contribution >= 4 is 29.4 Å². The molecular formula is C13H15ClF3N5O2. The second kappa shape index (κ2) is 7.22. The van der Waals surface area contributed by atoms with Crippen LogP contribution in [0.15, 0.2) is 12.3 Å². The Balaban J connectivity index is 1.95. The number of carbonyl (C=O) groups is 2. The summed E-state index contributed by atoms with van der Waals surface area (Å²) < 4.78 is 37.8. The molecule has 1 aromatic heterocycles. The summed E-state index contributed by atoms with van der Waals surface area (Å²) in [6.07, 6.45) is -3.75. The van der Waals surface area contributed by atoms with Gasteiger partial charge in [0.05, 0.1) is 17.1 Å². The molecule has 0 spiro atoms. The van der Waals surface area contributed by atoms with Crippen molar-refractivity contribution in [3.05, 3.63) is 22.8 Å². The van der Waals surface area contributed by atoms with Gasteiger partial charge in [-0.1, -0.05) is 11.6 Å². The number of nitrogens with zero attached hydrogens (tertiary/aromatic N) is 3. The zero-order valence-corrected chi connectivity index (χ0v) is 13.2. The first-order valence-electron chi connectivity index (χ1n) is 6.96. The number of carbonyl (C=O) groups excluding carboxylic acids is 2. The van der Waals surface area contributed by atoms with E-state index in [9.17, 15) is 22.8 Å². The molecule has 2 heterocycles. The van der Waals surface area contributed by atoms with Crippen molar-refractivity contribution < 1.29 is 22.8 Å². The van der Waals surface area contributed by atoms with Crippen LogP contribution in [0.3, 0.4) is 0 Å². The van der Waals surface area contributed by atoms with Gasteiger partial charge in [-0.15, -0.1) is 0 Å². The molecule has 1 aromatic rings. The van der Waals surface area contributed by atoms with E-state index in [0.29, 0.717) is 26.2 Å². The molecule has 3 N–H and O–H groups in total. The van der Waals surface area contributed by atoms with Crippen molar-refractivity contribution in [1.29, 1.82) is 0 Å². The molecule has 0 aliphatic carbocycles. The number of amides is 3. The minimum Gasteiger partial charge on any atom is -0.353 e. The monoisotopic (exact) mass is 365 g/mol. The Kier molecular flexibility index (Phi) is 5.50. The fourth-order valence-corrected chi connectivity index (χ4v) is 2.60. The Morgan fingerprint density at radius 1 is 1.29 bits per heavy atom. The number of nitrogens with one attached hydrogen (secondary N) is 1. The van der Waals surface area contributed by atoms with Gasteiger partial charge in [-0.25, -0.2) is 9.78 Å². The van der Waals surface area contributed by atoms with Gasteiger partial charge in [0, 0.05) is 32.4 Å². The molecule has 0 unspecified atom stereocenters. The van der Waals surface area contributed by atoms with E-state index in [0.717, 1.165) is 12.3 Å². The second-order valence-electron chi connectivity index (χ2n) is 5.20. The van der Waals surface area contributed by atoms with E-state index in [4.69, 9.17) is 17.3 Å². The van der Waals surface area contributed by atoms with E-state index in [1.54, 1.807) is 9.80 Å². The topological polar surface area (TPSA) is 91.6 Å². The first-order chi connectivity index (χ1) is 11.2. The first-order valence-corrected chi connectivity index (χ1v) is 7.34. The fraction of sp³-hybridized carbons (Fsp3) is 0.462. The molecule has 0 saturated carbocycles. The van der Waals surface area contributed by atoms with Crippen molar-refractivity contribution in [3.63, 3.8) is 0 Å². The Morgan fingerprint density at radius 2 is 1.92 bits per heavy atom. The van der Waals surface area contributed by atoms with Crippen molar-refractivity contribution in [2.24, 2.45) is 5.73 Å². The molecule has 1 fully saturated rings. The van der Waals surface area contributed by atoms with E-state index in [1.807, 2.05) is 5.32 Å². The van der Waals surface area contributed by atoms with E-state index >= 15 is 0 Å². The molecule has 0 atom stereocenters. The number of pyridine rings is 1. The lowest BCUT2D eigenvalue weighted by Gasteiger charge is -2.35. The van der Waals surface area contributed by atoms with Gasteiger partial charge in [0.15, 0.2) is 0 Å². The van der Waals surface area contributed by atoms with Crippen LogP contribution in [0.25, 0.3) is 0 Å². The fourth-order valence-electron chi connectivity index (χ4n) is 2.32. The lowest BCUT2D eigenvalue weighted by molar-refractivity contribution is -0.137. The SMILES string of the molecule is NC(=O)NC(=O)CN1CCN(c2ncc(C(F)(F)F)cc2Cl)CC1. The normalized spacial score (nSPS) is 16.1. The van der Waals surface area contributed by atoms with Crippen LogP contribution in [-0.4, -0.2) is 54.5 Å². The molecular weight excluding hydrogens is 351 g/mol. The van der Waals surface area contributed by atoms with Crippen LogP contribution in [0.4, 0.5) is 23.8 Å². The highest BCUT2D eigenvalue weighted by atomic mass is 35.5. The maximum absolute atomic E-state index is 12.6. The summed E-state index contributed by atoms with van der Waals surface area (Å²) in [5, 5.41) is 1.89. The lowest BCUT2D eigenvalue weighted by atomic mass is 10.2. The maximum Gasteiger partial charge on any atom is 0.417 e. The lowest BCUT2D eigenvalue weighted by Crippen LogP contribution is -2.50. The third-order valence-electron chi connectivity index (χ3n) is 3.45. The average molecular weight is 366 g/mol. The third kappa shape index (κ3) is 4.71. The van der Waals surface area contributed by atoms with Crippen LogP contribution in [0, 0.1) is 0 Å². The molecule has 0 aromatic carbocycles. The number of nitrogens with two attached hydrogens (primary N) is 1. The predicted octanol–water partition coefficient (Wildman–Crippen LogP) is 1.07. The van der Waals surface area contributed by atoms with Crippen LogP contribution in [-0.2, 0) is 11.0 Å². The van der Waals surface area contributed by atoms with Crippen LogP contribution < -0.4 is 16.0 Å². The van der Waals surface area contributed by atoms with Crippen molar-refractivity contribution in [1.82, 2.24) is 15.2 Å². The Hall–Kier alpha value is -2.07. The van der Waals surface area contributed by atoms with Crippen LogP contribution >= 0.6 is 11.6 Å². The molecule has 7 nitrogen and oxygen atoms in total. The molecule has 0 bridgehead atoms. The number of hydrogen-bond acceptors (Lipinski definition) is 5. The van der Waals surface area contributed by atoms with Gasteiger partial charge < -0.3 is 10.6 Å². The zero-order chi connectivity index (χ0) is 17.9. The Bertz CT molecular complexity index is 633. The third-order valence-corrected chi connectivity index (χ3v) is 3.73. The molecule has 1 saturated heterocycles. The number of anilines is 1. The maximum atomic E-state index is 12.6. The van der Waals surface area contributed by atoms with Crippen molar-refractivity contribution in [2.45, 2.75) is 6.18 Å². The largest absolute Gasteiger partial charge is 0.417 e. The van der Waals surface area contributed by atoms with E-state index < -0.39 is 23.7 Å². The van der Waals surface area contributed by atoms with E-state index in [-0.39, 0.29) is 17.4 Å². The number of alkyl halides is 3. The zero-order valence-electron chi connectivity index (χ0n) is 12.4. The molecule has 0 radical (unpaired) electrons. The highest BCUT2D eigenvalue weighted by Crippen LogP contribution is 2.33. The van der Waals surface area contributed by atoms with Gasteiger partial charge in [-0.3, -0.25) is 15.0 Å². The average Bonchev–Trinajstić information content (AvgIpc) is 2.46. The highest BCUT2D eigenvalue weighted by molar-refractivity contribution is 6.33. The molecule has 24 heavy (non-hydrogen) atoms. The summed E-state index contributed by atoms with van der Waals surface area (Å²) >= 11 is 5.91. The number of urea groups is 1. The van der Waals surface area contributed by atoms with Gasteiger partial charge in [-0.2, -0.15) is 13.2 Å². The standard InChI is InChI=1S/C13H15ClF3N5O2/c14-9-5-8(13(15,16)17)6-19-11(9)22-3-1-21(2-4-22)7-10(23)20-12(18)24/h5-6H,1-4,7H2,(H3,18,20,23,24). The predicted molar refractivity (Wildman–Crippen MR) is 80.6 cm³/mol. The summed E-state index contributed by atoms with van der Waals surface area (Å²) in [4.78, 5) is 29.4. The summed E-state index contributed by atoms with van der Waals surface area (Å²) in [5.41, 5.74) is 3.95. The number of halogens is 4. The number of piperazine rings is 1. The summed E-state index contributed by atoms with van der Waals surface area (Å²) in [6.45, 7) is 1.80. The van der Waals surface area contributed by atoms with Crippen LogP contribution in [0.5, 0.6) is 0 Å². The number of primary amides is 1. The number of rotatable bonds is 3. The van der Waals surface area contributed by atoms with Crippen molar-refractivity contribution in [3.8, 4) is 0 Å².